The van der Waals surface area contributed by atoms with Gasteiger partial charge in [0.05, 0.1) is 18.0 Å². The number of hydrogen-bond donors (Lipinski definition) is 5. The molecule has 4 aromatic carbocycles. The van der Waals surface area contributed by atoms with Crippen molar-refractivity contribution >= 4 is 57.9 Å². The third-order valence-electron chi connectivity index (χ3n) is 9.87. The van der Waals surface area contributed by atoms with Crippen molar-refractivity contribution < 1.29 is 4.74 Å². The SMILES string of the molecule is CCOc1cc(N(CC)CC)ccc1N(C)NC(C)=N/C=C\c1ccccc1NC.CNc1ccccc1/C=C\N=C(C)NN(C)c1ccc(NC2=CC=CCC2C)cc1. The molecule has 0 heterocycles. The molecule has 5 N–H and O–H groups in total. The Hall–Kier alpha value is -6.62. The van der Waals surface area contributed by atoms with Crippen molar-refractivity contribution in [2.45, 2.75) is 48.0 Å². The molecule has 1 unspecified atom stereocenters. The lowest BCUT2D eigenvalue weighted by Gasteiger charge is -2.26. The van der Waals surface area contributed by atoms with Crippen LogP contribution >= 0.6 is 0 Å². The zero-order chi connectivity index (χ0) is 43.3. The smallest absolute Gasteiger partial charge is 0.146 e. The van der Waals surface area contributed by atoms with Crippen molar-refractivity contribution in [2.24, 2.45) is 15.9 Å². The minimum absolute atomic E-state index is 0.519. The molecule has 60 heavy (non-hydrogen) atoms. The second-order valence-electron chi connectivity index (χ2n) is 14.2. The summed E-state index contributed by atoms with van der Waals surface area (Å²) in [5.74, 6) is 2.96. The molecule has 1 aliphatic rings. The first-order valence-corrected chi connectivity index (χ1v) is 20.8. The van der Waals surface area contributed by atoms with Gasteiger partial charge in [0.1, 0.15) is 17.4 Å². The van der Waals surface area contributed by atoms with E-state index in [1.165, 1.54) is 5.70 Å². The van der Waals surface area contributed by atoms with E-state index < -0.39 is 0 Å². The van der Waals surface area contributed by atoms with Crippen molar-refractivity contribution in [3.63, 3.8) is 0 Å². The lowest BCUT2D eigenvalue weighted by atomic mass is 9.99. The van der Waals surface area contributed by atoms with E-state index in [-0.39, 0.29) is 0 Å². The Morgan fingerprint density at radius 2 is 1.28 bits per heavy atom. The molecular formula is C49H66N10O. The van der Waals surface area contributed by atoms with E-state index in [0.29, 0.717) is 12.5 Å². The molecule has 11 heteroatoms. The van der Waals surface area contributed by atoms with E-state index in [2.05, 4.69) is 135 Å². The van der Waals surface area contributed by atoms with Crippen LogP contribution in [0, 0.1) is 5.92 Å². The highest BCUT2D eigenvalue weighted by Gasteiger charge is 2.13. The Kier molecular flexibility index (Phi) is 18.7. The Bertz CT molecular complexity index is 2110. The molecular weight excluding hydrogens is 745 g/mol. The minimum Gasteiger partial charge on any atom is -0.492 e. The van der Waals surface area contributed by atoms with Crippen LogP contribution in [0.15, 0.2) is 137 Å². The summed E-state index contributed by atoms with van der Waals surface area (Å²) in [5, 5.41) is 13.8. The first-order chi connectivity index (χ1) is 29.1. The molecule has 0 spiro atoms. The summed E-state index contributed by atoms with van der Waals surface area (Å²) in [6.07, 6.45) is 15.1. The summed E-state index contributed by atoms with van der Waals surface area (Å²) in [4.78, 5) is 11.3. The zero-order valence-corrected chi connectivity index (χ0v) is 37.3. The summed E-state index contributed by atoms with van der Waals surface area (Å²) in [6, 6.07) is 30.9. The second-order valence-corrected chi connectivity index (χ2v) is 14.2. The van der Waals surface area contributed by atoms with E-state index in [1.807, 2.05) is 114 Å². The van der Waals surface area contributed by atoms with Gasteiger partial charge in [-0.2, -0.15) is 0 Å². The molecule has 11 nitrogen and oxygen atoms in total. The highest BCUT2D eigenvalue weighted by Crippen LogP contribution is 2.32. The van der Waals surface area contributed by atoms with Crippen LogP contribution < -0.4 is 46.5 Å². The summed E-state index contributed by atoms with van der Waals surface area (Å²) in [5.41, 5.74) is 16.5. The van der Waals surface area contributed by atoms with Crippen molar-refractivity contribution in [2.75, 3.05) is 78.8 Å². The number of hydrogen-bond acceptors (Lipinski definition) is 9. The number of allylic oxidation sites excluding steroid dienone is 4. The lowest BCUT2D eigenvalue weighted by Crippen LogP contribution is -2.38. The van der Waals surface area contributed by atoms with Gasteiger partial charge in [-0.05, 0) is 125 Å². The number of aliphatic imine (C=N–C) groups is 2. The molecule has 4 aromatic rings. The first kappa shape index (κ1) is 46.1. The van der Waals surface area contributed by atoms with Crippen LogP contribution in [0.4, 0.5) is 34.1 Å². The van der Waals surface area contributed by atoms with Gasteiger partial charge in [0.2, 0.25) is 0 Å². The topological polar surface area (TPSA) is 104 Å². The fourth-order valence-electron chi connectivity index (χ4n) is 6.55. The van der Waals surface area contributed by atoms with Gasteiger partial charge in [0.25, 0.3) is 0 Å². The Labute approximate surface area is 359 Å². The molecule has 0 aliphatic heterocycles. The molecule has 5 rings (SSSR count). The van der Waals surface area contributed by atoms with Crippen molar-refractivity contribution in [1.82, 2.24) is 10.9 Å². The van der Waals surface area contributed by atoms with E-state index in [4.69, 9.17) is 4.74 Å². The second kappa shape index (κ2) is 24.3. The standard InChI is InChI=1S/C25H31N5.C24H35N5O/c1-19-9-5-7-11-24(19)28-22-13-15-23(16-14-22)30(4)29-20(2)27-18-17-21-10-6-8-12-25(21)26-3;1-7-29(8-2)21-14-15-23(24(18-21)30-9-3)28(6)27-19(4)26-17-16-20-12-10-11-13-22(20)25-5/h5-8,10-19,26,28H,9H2,1-4H3,(H,27,29);10-18,25H,7-9H2,1-6H3,(H,26,27)/b18-17-;17-16-. The van der Waals surface area contributed by atoms with Crippen molar-refractivity contribution in [3.05, 3.63) is 138 Å². The molecule has 0 saturated heterocycles. The van der Waals surface area contributed by atoms with Crippen molar-refractivity contribution in [3.8, 4) is 5.75 Å². The normalized spacial score (nSPS) is 13.9. The first-order valence-electron chi connectivity index (χ1n) is 20.8. The van der Waals surface area contributed by atoms with Gasteiger partial charge in [0, 0.05) is 88.2 Å². The fraction of sp³-hybridized carbons (Fsp3) is 0.306. The highest BCUT2D eigenvalue weighted by atomic mass is 16.5. The van der Waals surface area contributed by atoms with E-state index in [0.717, 1.165) is 82.2 Å². The van der Waals surface area contributed by atoms with Crippen LogP contribution in [0.1, 0.15) is 59.1 Å². The molecule has 318 valence electrons. The van der Waals surface area contributed by atoms with E-state index in [9.17, 15) is 0 Å². The predicted molar refractivity (Wildman–Crippen MR) is 262 cm³/mol. The van der Waals surface area contributed by atoms with Crippen LogP contribution in [-0.2, 0) is 0 Å². The third kappa shape index (κ3) is 14.0. The largest absolute Gasteiger partial charge is 0.492 e. The molecule has 0 saturated carbocycles. The maximum atomic E-state index is 5.91. The molecule has 0 radical (unpaired) electrons. The highest BCUT2D eigenvalue weighted by molar-refractivity contribution is 5.83. The van der Waals surface area contributed by atoms with E-state index >= 15 is 0 Å². The number of nitrogens with one attached hydrogen (secondary N) is 5. The molecule has 0 fully saturated rings. The quantitative estimate of drug-likeness (QED) is 0.0405. The van der Waals surface area contributed by atoms with Gasteiger partial charge in [-0.3, -0.25) is 20.9 Å². The number of ether oxygens (including phenoxy) is 1. The van der Waals surface area contributed by atoms with Crippen molar-refractivity contribution in [1.29, 1.82) is 0 Å². The van der Waals surface area contributed by atoms with Crippen LogP contribution in [0.2, 0.25) is 0 Å². The van der Waals surface area contributed by atoms with Crippen LogP contribution in [-0.4, -0.2) is 59.6 Å². The maximum Gasteiger partial charge on any atom is 0.146 e. The average molecular weight is 811 g/mol. The summed E-state index contributed by atoms with van der Waals surface area (Å²) in [7, 11) is 7.79. The Morgan fingerprint density at radius 1 is 0.733 bits per heavy atom. The van der Waals surface area contributed by atoms with Gasteiger partial charge < -0.3 is 25.6 Å². The number of amidine groups is 2. The van der Waals surface area contributed by atoms with Crippen LogP contribution in [0.5, 0.6) is 5.75 Å². The molecule has 0 amide bonds. The Morgan fingerprint density at radius 3 is 1.82 bits per heavy atom. The average Bonchev–Trinajstić information content (AvgIpc) is 3.26. The van der Waals surface area contributed by atoms with Gasteiger partial charge in [-0.1, -0.05) is 55.5 Å². The zero-order valence-electron chi connectivity index (χ0n) is 37.3. The number of rotatable bonds is 17. The predicted octanol–water partition coefficient (Wildman–Crippen LogP) is 10.7. The Balaban J connectivity index is 0.000000265. The number of anilines is 6. The monoisotopic (exact) mass is 811 g/mol. The molecule has 0 aromatic heterocycles. The van der Waals surface area contributed by atoms with Gasteiger partial charge in [0.15, 0.2) is 0 Å². The van der Waals surface area contributed by atoms with Gasteiger partial charge in [-0.15, -0.1) is 0 Å². The third-order valence-corrected chi connectivity index (χ3v) is 9.87. The summed E-state index contributed by atoms with van der Waals surface area (Å²) < 4.78 is 5.91. The molecule has 1 aliphatic carbocycles. The lowest BCUT2D eigenvalue weighted by molar-refractivity contribution is 0.340. The summed E-state index contributed by atoms with van der Waals surface area (Å²) in [6.45, 7) is 15.0. The maximum absolute atomic E-state index is 5.91. The minimum atomic E-state index is 0.519. The van der Waals surface area contributed by atoms with Gasteiger partial charge >= 0.3 is 0 Å². The number of hydrazine groups is 2. The van der Waals surface area contributed by atoms with E-state index in [1.54, 1.807) is 6.20 Å². The van der Waals surface area contributed by atoms with Crippen LogP contribution in [0.3, 0.4) is 0 Å². The van der Waals surface area contributed by atoms with Gasteiger partial charge in [-0.25, -0.2) is 9.98 Å². The fourth-order valence-corrected chi connectivity index (χ4v) is 6.55. The summed E-state index contributed by atoms with van der Waals surface area (Å²) >= 11 is 0. The number of nitrogens with zero attached hydrogens (tertiary/aromatic N) is 5. The number of benzene rings is 4. The van der Waals surface area contributed by atoms with Crippen LogP contribution in [0.25, 0.3) is 12.2 Å². The number of para-hydroxylation sites is 2. The molecule has 0 bridgehead atoms. The molecule has 1 atom stereocenters.